The van der Waals surface area contributed by atoms with E-state index in [1.807, 2.05) is 67.6 Å². The fourth-order valence-corrected chi connectivity index (χ4v) is 4.12. The molecule has 2 aromatic carbocycles. The lowest BCUT2D eigenvalue weighted by molar-refractivity contribution is -0.130. The highest BCUT2D eigenvalue weighted by atomic mass is 16.2. The Bertz CT molecular complexity index is 1120. The highest BCUT2D eigenvalue weighted by molar-refractivity contribution is 6.03. The Balaban J connectivity index is 1.88. The van der Waals surface area contributed by atoms with Crippen molar-refractivity contribution in [3.63, 3.8) is 0 Å². The number of rotatable bonds is 13. The van der Waals surface area contributed by atoms with Gasteiger partial charge in [0.2, 0.25) is 5.91 Å². The van der Waals surface area contributed by atoms with E-state index in [1.54, 1.807) is 4.90 Å². The van der Waals surface area contributed by atoms with Crippen LogP contribution in [-0.4, -0.2) is 39.5 Å². The Morgan fingerprint density at radius 1 is 0.853 bits per heavy atom. The predicted molar refractivity (Wildman–Crippen MR) is 136 cm³/mol. The normalized spacial score (nSPS) is 10.9. The zero-order valence-corrected chi connectivity index (χ0v) is 20.3. The second kappa shape index (κ2) is 12.7. The van der Waals surface area contributed by atoms with E-state index in [0.717, 1.165) is 37.7 Å². The van der Waals surface area contributed by atoms with Crippen molar-refractivity contribution in [3.8, 4) is 16.9 Å². The minimum atomic E-state index is -0.404. The molecule has 0 radical (unpaired) electrons. The summed E-state index contributed by atoms with van der Waals surface area (Å²) in [5, 5.41) is 3.13. The van der Waals surface area contributed by atoms with Gasteiger partial charge in [-0.15, -0.1) is 0 Å². The van der Waals surface area contributed by atoms with Crippen molar-refractivity contribution in [2.24, 2.45) is 0 Å². The quantitative estimate of drug-likeness (QED) is 0.265. The number of nitrogens with zero attached hydrogens (tertiary/aromatic N) is 2. The molecule has 1 N–H and O–H groups in total. The lowest BCUT2D eigenvalue weighted by Gasteiger charge is -2.21. The van der Waals surface area contributed by atoms with Gasteiger partial charge in [0.25, 0.3) is 5.56 Å². The summed E-state index contributed by atoms with van der Waals surface area (Å²) in [6.07, 6.45) is 6.49. The SMILES string of the molecule is CCCCCCCC(=O)N(CCC)CC(=O)c1c(-c2ccccc2)[nH]n(-c2ccccc2)c1=O. The molecule has 180 valence electrons. The number of carbonyl (C=O) groups is 2. The summed E-state index contributed by atoms with van der Waals surface area (Å²) < 4.78 is 1.40. The molecule has 34 heavy (non-hydrogen) atoms. The summed E-state index contributed by atoms with van der Waals surface area (Å²) in [7, 11) is 0. The van der Waals surface area contributed by atoms with Crippen LogP contribution in [0.3, 0.4) is 0 Å². The van der Waals surface area contributed by atoms with Gasteiger partial charge in [-0.3, -0.25) is 19.5 Å². The van der Waals surface area contributed by atoms with Crippen molar-refractivity contribution in [2.75, 3.05) is 13.1 Å². The number of hydrogen-bond acceptors (Lipinski definition) is 3. The number of ketones is 1. The van der Waals surface area contributed by atoms with Crippen molar-refractivity contribution in [1.29, 1.82) is 0 Å². The first-order valence-electron chi connectivity index (χ1n) is 12.3. The largest absolute Gasteiger partial charge is 0.335 e. The summed E-state index contributed by atoms with van der Waals surface area (Å²) in [6.45, 7) is 4.55. The number of amides is 1. The van der Waals surface area contributed by atoms with Crippen LogP contribution in [0.4, 0.5) is 0 Å². The monoisotopic (exact) mass is 461 g/mol. The van der Waals surface area contributed by atoms with Gasteiger partial charge in [-0.2, -0.15) is 0 Å². The molecule has 0 bridgehead atoms. The average Bonchev–Trinajstić information content (AvgIpc) is 3.21. The molecule has 0 unspecified atom stereocenters. The number of aromatic nitrogens is 2. The number of benzene rings is 2. The van der Waals surface area contributed by atoms with E-state index in [4.69, 9.17) is 0 Å². The number of H-pyrrole nitrogens is 1. The van der Waals surface area contributed by atoms with Crippen LogP contribution in [-0.2, 0) is 4.79 Å². The summed E-state index contributed by atoms with van der Waals surface area (Å²) in [4.78, 5) is 41.4. The molecule has 6 nitrogen and oxygen atoms in total. The zero-order valence-electron chi connectivity index (χ0n) is 20.3. The van der Waals surface area contributed by atoms with E-state index in [1.165, 1.54) is 11.1 Å². The average molecular weight is 462 g/mol. The van der Waals surface area contributed by atoms with Gasteiger partial charge in [0.1, 0.15) is 5.56 Å². The Labute approximate surface area is 201 Å². The van der Waals surface area contributed by atoms with E-state index >= 15 is 0 Å². The van der Waals surface area contributed by atoms with Gasteiger partial charge in [0, 0.05) is 18.5 Å². The fraction of sp³-hybridized carbons (Fsp3) is 0.393. The molecule has 3 aromatic rings. The highest BCUT2D eigenvalue weighted by Crippen LogP contribution is 2.21. The molecule has 0 aliphatic carbocycles. The fourth-order valence-electron chi connectivity index (χ4n) is 4.12. The van der Waals surface area contributed by atoms with Crippen LogP contribution in [0.5, 0.6) is 0 Å². The number of Topliss-reactive ketones (excluding diaryl/α,β-unsaturated/α-hetero) is 1. The molecule has 1 amide bonds. The Morgan fingerprint density at radius 2 is 1.50 bits per heavy atom. The van der Waals surface area contributed by atoms with Crippen LogP contribution < -0.4 is 5.56 Å². The van der Waals surface area contributed by atoms with Crippen LogP contribution in [0, 0.1) is 0 Å². The summed E-state index contributed by atoms with van der Waals surface area (Å²) >= 11 is 0. The number of unbranched alkanes of at least 4 members (excludes halogenated alkanes) is 4. The van der Waals surface area contributed by atoms with E-state index < -0.39 is 5.56 Å². The first-order chi connectivity index (χ1) is 16.6. The molecule has 0 saturated heterocycles. The van der Waals surface area contributed by atoms with Gasteiger partial charge in [-0.1, -0.05) is 88.1 Å². The number of aromatic amines is 1. The number of nitrogens with one attached hydrogen (secondary N) is 1. The molecular weight excluding hydrogens is 426 g/mol. The zero-order chi connectivity index (χ0) is 24.3. The van der Waals surface area contributed by atoms with Crippen LogP contribution >= 0.6 is 0 Å². The number of hydrogen-bond donors (Lipinski definition) is 1. The maximum absolute atomic E-state index is 13.5. The van der Waals surface area contributed by atoms with E-state index in [0.29, 0.717) is 24.3 Å². The van der Waals surface area contributed by atoms with Crippen molar-refractivity contribution < 1.29 is 9.59 Å². The van der Waals surface area contributed by atoms with Gasteiger partial charge >= 0.3 is 0 Å². The van der Waals surface area contributed by atoms with Gasteiger partial charge in [-0.05, 0) is 25.0 Å². The molecular formula is C28H35N3O3. The Morgan fingerprint density at radius 3 is 2.15 bits per heavy atom. The van der Waals surface area contributed by atoms with Crippen molar-refractivity contribution in [1.82, 2.24) is 14.7 Å². The van der Waals surface area contributed by atoms with Crippen LogP contribution in [0.25, 0.3) is 16.9 Å². The maximum Gasteiger partial charge on any atom is 0.282 e. The van der Waals surface area contributed by atoms with Crippen LogP contribution in [0.1, 0.15) is 69.2 Å². The highest BCUT2D eigenvalue weighted by Gasteiger charge is 2.26. The second-order valence-corrected chi connectivity index (χ2v) is 8.61. The molecule has 0 saturated carbocycles. The summed E-state index contributed by atoms with van der Waals surface area (Å²) in [6, 6.07) is 18.5. The molecule has 1 aromatic heterocycles. The lowest BCUT2D eigenvalue weighted by Crippen LogP contribution is -2.37. The molecule has 0 aliphatic heterocycles. The van der Waals surface area contributed by atoms with Gasteiger partial charge in [-0.25, -0.2) is 4.68 Å². The first kappa shape index (κ1) is 25.2. The van der Waals surface area contributed by atoms with Crippen molar-refractivity contribution in [2.45, 2.75) is 58.8 Å². The van der Waals surface area contributed by atoms with E-state index in [-0.39, 0.29) is 23.8 Å². The molecule has 0 spiro atoms. The van der Waals surface area contributed by atoms with Gasteiger partial charge in [0.15, 0.2) is 5.78 Å². The lowest BCUT2D eigenvalue weighted by atomic mass is 10.0. The number of para-hydroxylation sites is 1. The third-order valence-electron chi connectivity index (χ3n) is 5.92. The van der Waals surface area contributed by atoms with E-state index in [9.17, 15) is 14.4 Å². The van der Waals surface area contributed by atoms with Crippen molar-refractivity contribution in [3.05, 3.63) is 76.6 Å². The minimum absolute atomic E-state index is 0.0214. The van der Waals surface area contributed by atoms with Gasteiger partial charge < -0.3 is 4.90 Å². The third kappa shape index (κ3) is 6.34. The second-order valence-electron chi connectivity index (χ2n) is 8.61. The minimum Gasteiger partial charge on any atom is -0.335 e. The molecule has 1 heterocycles. The standard InChI is InChI=1S/C28H35N3O3/c1-3-5-6-7-14-19-25(33)30(20-4-2)21-24(32)26-27(22-15-10-8-11-16-22)29-31(28(26)34)23-17-12-9-13-18-23/h8-13,15-18,29H,3-7,14,19-21H2,1-2H3. The van der Waals surface area contributed by atoms with Crippen molar-refractivity contribution >= 4 is 11.7 Å². The van der Waals surface area contributed by atoms with Gasteiger partial charge in [0.05, 0.1) is 17.9 Å². The smallest absolute Gasteiger partial charge is 0.282 e. The molecule has 3 rings (SSSR count). The molecule has 0 aliphatic rings. The van der Waals surface area contributed by atoms with E-state index in [2.05, 4.69) is 12.0 Å². The summed E-state index contributed by atoms with van der Waals surface area (Å²) in [5.41, 5.74) is 1.56. The predicted octanol–water partition coefficient (Wildman–Crippen LogP) is 5.61. The molecule has 6 heteroatoms. The third-order valence-corrected chi connectivity index (χ3v) is 5.92. The van der Waals surface area contributed by atoms with Crippen LogP contribution in [0.2, 0.25) is 0 Å². The summed E-state index contributed by atoms with van der Waals surface area (Å²) in [5.74, 6) is -0.366. The topological polar surface area (TPSA) is 75.2 Å². The maximum atomic E-state index is 13.5. The molecule has 0 fully saturated rings. The number of carbonyl (C=O) groups excluding carboxylic acids is 2. The molecule has 0 atom stereocenters. The first-order valence-corrected chi connectivity index (χ1v) is 12.3. The Kier molecular flexibility index (Phi) is 9.44. The Hall–Kier alpha value is -3.41. The van der Waals surface area contributed by atoms with Crippen LogP contribution in [0.15, 0.2) is 65.5 Å².